The van der Waals surface area contributed by atoms with Crippen molar-refractivity contribution in [2.45, 2.75) is 17.8 Å². The number of carbonyl (C=O) groups is 1. The normalized spacial score (nSPS) is 10.4. The van der Waals surface area contributed by atoms with E-state index in [1.165, 1.54) is 31.0 Å². The number of aromatic nitrogens is 2. The Kier molecular flexibility index (Phi) is 4.64. The Morgan fingerprint density at radius 2 is 2.19 bits per heavy atom. The van der Waals surface area contributed by atoms with Crippen molar-refractivity contribution in [3.05, 3.63) is 51.4 Å². The number of aryl methyl sites for hydroxylation is 1. The second-order valence-electron chi connectivity index (χ2n) is 4.32. The molecule has 0 aliphatic rings. The van der Waals surface area contributed by atoms with Gasteiger partial charge in [-0.25, -0.2) is 9.78 Å². The van der Waals surface area contributed by atoms with Crippen molar-refractivity contribution in [1.82, 2.24) is 9.97 Å². The van der Waals surface area contributed by atoms with Crippen LogP contribution in [0, 0.1) is 6.92 Å². The number of rotatable bonds is 5. The summed E-state index contributed by atoms with van der Waals surface area (Å²) in [5, 5.41) is 9.55. The van der Waals surface area contributed by atoms with Crippen LogP contribution in [0.1, 0.15) is 21.6 Å². The molecule has 2 N–H and O–H groups in total. The van der Waals surface area contributed by atoms with Gasteiger partial charge in [0.25, 0.3) is 5.56 Å². The summed E-state index contributed by atoms with van der Waals surface area (Å²) in [6, 6.07) is 6.31. The molecule has 1 aromatic heterocycles. The largest absolute Gasteiger partial charge is 0.496 e. The van der Waals surface area contributed by atoms with Crippen molar-refractivity contribution in [2.75, 3.05) is 7.11 Å². The number of nitrogens with one attached hydrogen (secondary N) is 1. The van der Waals surface area contributed by atoms with Gasteiger partial charge in [0.2, 0.25) is 0 Å². The molecule has 0 amide bonds. The highest BCUT2D eigenvalue weighted by Crippen LogP contribution is 2.24. The lowest BCUT2D eigenvalue weighted by Gasteiger charge is -2.07. The number of H-pyrrole nitrogens is 1. The first-order valence-corrected chi connectivity index (χ1v) is 7.09. The Labute approximate surface area is 125 Å². The highest BCUT2D eigenvalue weighted by Gasteiger charge is 2.11. The third-order valence-electron chi connectivity index (χ3n) is 2.72. The maximum Gasteiger partial charge on any atom is 0.339 e. The van der Waals surface area contributed by atoms with Crippen LogP contribution in [0.4, 0.5) is 0 Å². The summed E-state index contributed by atoms with van der Waals surface area (Å²) in [6.45, 7) is 1.75. The van der Waals surface area contributed by atoms with Gasteiger partial charge in [-0.15, -0.1) is 0 Å². The van der Waals surface area contributed by atoms with Gasteiger partial charge in [-0.3, -0.25) is 4.79 Å². The van der Waals surface area contributed by atoms with E-state index in [4.69, 9.17) is 9.84 Å². The summed E-state index contributed by atoms with van der Waals surface area (Å²) in [5.74, 6) is -0.176. The minimum Gasteiger partial charge on any atom is -0.496 e. The van der Waals surface area contributed by atoms with Crippen molar-refractivity contribution < 1.29 is 14.6 Å². The summed E-state index contributed by atoms with van der Waals surface area (Å²) < 4.78 is 5.07. The van der Waals surface area contributed by atoms with E-state index < -0.39 is 5.97 Å². The summed E-state index contributed by atoms with van der Waals surface area (Å²) in [5.41, 5.74) is 1.46. The molecule has 0 saturated heterocycles. The number of aromatic carboxylic acids is 1. The van der Waals surface area contributed by atoms with Crippen LogP contribution in [-0.4, -0.2) is 28.2 Å². The Morgan fingerprint density at radius 3 is 2.81 bits per heavy atom. The third-order valence-corrected chi connectivity index (χ3v) is 3.66. The molecule has 0 aliphatic carbocycles. The standard InChI is InChI=1S/C14H14N2O4S/c1-8-5-12(17)16-14(15-8)21-7-9-3-4-10(13(18)19)11(6-9)20-2/h3-6H,7H2,1-2H3,(H,18,19)(H,15,16,17). The Morgan fingerprint density at radius 1 is 1.43 bits per heavy atom. The summed E-state index contributed by atoms with van der Waals surface area (Å²) >= 11 is 1.37. The smallest absolute Gasteiger partial charge is 0.339 e. The van der Waals surface area contributed by atoms with Crippen LogP contribution < -0.4 is 10.3 Å². The third kappa shape index (κ3) is 3.85. The minimum atomic E-state index is -1.03. The maximum absolute atomic E-state index is 11.3. The van der Waals surface area contributed by atoms with Crippen molar-refractivity contribution >= 4 is 17.7 Å². The number of thioether (sulfide) groups is 1. The quantitative estimate of drug-likeness (QED) is 0.649. The molecule has 1 heterocycles. The minimum absolute atomic E-state index is 0.119. The van der Waals surface area contributed by atoms with Gasteiger partial charge >= 0.3 is 5.97 Å². The number of methoxy groups -OCH3 is 1. The first-order chi connectivity index (χ1) is 9.99. The van der Waals surface area contributed by atoms with Crippen LogP contribution in [0.3, 0.4) is 0 Å². The van der Waals surface area contributed by atoms with Crippen LogP contribution >= 0.6 is 11.8 Å². The van der Waals surface area contributed by atoms with Crippen LogP contribution in [0.15, 0.2) is 34.2 Å². The number of ether oxygens (including phenoxy) is 1. The molecule has 0 spiro atoms. The van der Waals surface area contributed by atoms with Gasteiger partial charge in [-0.1, -0.05) is 17.8 Å². The molecule has 0 saturated carbocycles. The highest BCUT2D eigenvalue weighted by atomic mass is 32.2. The molecule has 1 aromatic carbocycles. The van der Waals surface area contributed by atoms with E-state index >= 15 is 0 Å². The van der Waals surface area contributed by atoms with Gasteiger partial charge in [-0.2, -0.15) is 0 Å². The average molecular weight is 306 g/mol. The van der Waals surface area contributed by atoms with Crippen molar-refractivity contribution in [3.8, 4) is 5.75 Å². The molecule has 2 rings (SSSR count). The lowest BCUT2D eigenvalue weighted by atomic mass is 10.1. The number of carboxylic acid groups (broad SMARTS) is 1. The fourth-order valence-corrected chi connectivity index (χ4v) is 2.64. The molecule has 0 radical (unpaired) electrons. The van der Waals surface area contributed by atoms with E-state index in [2.05, 4.69) is 9.97 Å². The molecule has 0 unspecified atom stereocenters. The predicted octanol–water partition coefficient (Wildman–Crippen LogP) is 2.08. The molecule has 0 fully saturated rings. The van der Waals surface area contributed by atoms with Gasteiger partial charge in [0.05, 0.1) is 7.11 Å². The maximum atomic E-state index is 11.3. The second kappa shape index (κ2) is 6.45. The number of carboxylic acids is 1. The second-order valence-corrected chi connectivity index (χ2v) is 5.28. The molecule has 2 aromatic rings. The summed E-state index contributed by atoms with van der Waals surface area (Å²) in [4.78, 5) is 29.2. The molecular formula is C14H14N2O4S. The molecule has 21 heavy (non-hydrogen) atoms. The summed E-state index contributed by atoms with van der Waals surface area (Å²) in [7, 11) is 1.43. The van der Waals surface area contributed by atoms with E-state index in [0.29, 0.717) is 22.4 Å². The van der Waals surface area contributed by atoms with Crippen LogP contribution in [-0.2, 0) is 5.75 Å². The Balaban J connectivity index is 2.16. The van der Waals surface area contributed by atoms with E-state index in [1.54, 1.807) is 19.1 Å². The molecule has 110 valence electrons. The monoisotopic (exact) mass is 306 g/mol. The van der Waals surface area contributed by atoms with E-state index in [1.807, 2.05) is 0 Å². The summed E-state index contributed by atoms with van der Waals surface area (Å²) in [6.07, 6.45) is 0. The fourth-order valence-electron chi connectivity index (χ4n) is 1.77. The lowest BCUT2D eigenvalue weighted by molar-refractivity contribution is 0.0693. The zero-order valence-corrected chi connectivity index (χ0v) is 12.4. The molecule has 6 nitrogen and oxygen atoms in total. The highest BCUT2D eigenvalue weighted by molar-refractivity contribution is 7.98. The molecule has 0 atom stereocenters. The van der Waals surface area contributed by atoms with Gasteiger partial charge in [0.1, 0.15) is 11.3 Å². The van der Waals surface area contributed by atoms with Crippen molar-refractivity contribution in [1.29, 1.82) is 0 Å². The van der Waals surface area contributed by atoms with Gasteiger partial charge in [0.15, 0.2) is 5.16 Å². The predicted molar refractivity (Wildman–Crippen MR) is 79.1 cm³/mol. The van der Waals surface area contributed by atoms with E-state index in [9.17, 15) is 9.59 Å². The molecular weight excluding hydrogens is 292 g/mol. The van der Waals surface area contributed by atoms with Crippen LogP contribution in [0.2, 0.25) is 0 Å². The van der Waals surface area contributed by atoms with Gasteiger partial charge in [-0.05, 0) is 24.6 Å². The SMILES string of the molecule is COc1cc(CSc2nc(C)cc(=O)[nH]2)ccc1C(=O)O. The fraction of sp³-hybridized carbons (Fsp3) is 0.214. The topological polar surface area (TPSA) is 92.3 Å². The van der Waals surface area contributed by atoms with Gasteiger partial charge in [0, 0.05) is 17.5 Å². The van der Waals surface area contributed by atoms with E-state index in [0.717, 1.165) is 5.56 Å². The number of benzene rings is 1. The van der Waals surface area contributed by atoms with Gasteiger partial charge < -0.3 is 14.8 Å². The first-order valence-electron chi connectivity index (χ1n) is 6.10. The number of hydrogen-bond acceptors (Lipinski definition) is 5. The molecule has 0 aliphatic heterocycles. The van der Waals surface area contributed by atoms with E-state index in [-0.39, 0.29) is 11.1 Å². The lowest BCUT2D eigenvalue weighted by Crippen LogP contribution is -2.08. The van der Waals surface area contributed by atoms with Crippen LogP contribution in [0.25, 0.3) is 0 Å². The van der Waals surface area contributed by atoms with Crippen LogP contribution in [0.5, 0.6) is 5.75 Å². The Hall–Kier alpha value is -2.28. The number of aromatic amines is 1. The Bertz CT molecular complexity index is 727. The van der Waals surface area contributed by atoms with Crippen molar-refractivity contribution in [2.24, 2.45) is 0 Å². The number of nitrogens with zero attached hydrogens (tertiary/aromatic N) is 1. The number of hydrogen-bond donors (Lipinski definition) is 2. The average Bonchev–Trinajstić information content (AvgIpc) is 2.43. The zero-order valence-electron chi connectivity index (χ0n) is 11.5. The first kappa shape index (κ1) is 15.1. The molecule has 0 bridgehead atoms. The molecule has 7 heteroatoms. The zero-order chi connectivity index (χ0) is 15.4. The van der Waals surface area contributed by atoms with Crippen molar-refractivity contribution in [3.63, 3.8) is 0 Å².